The number of nitrogens with zero attached hydrogens (tertiary/aromatic N) is 2. The summed E-state index contributed by atoms with van der Waals surface area (Å²) in [5.74, 6) is -0.793. The number of primary amides is 1. The number of nitrogens with two attached hydrogens (primary N) is 1. The van der Waals surface area contributed by atoms with Gasteiger partial charge in [-0.25, -0.2) is 0 Å². The van der Waals surface area contributed by atoms with Gasteiger partial charge >= 0.3 is 0 Å². The Balaban J connectivity index is 2.07. The topological polar surface area (TPSA) is 90.0 Å². The smallest absolute Gasteiger partial charge is 0.251 e. The average molecular weight is 278 g/mol. The summed E-state index contributed by atoms with van der Waals surface area (Å²) in [4.78, 5) is 23.0. The van der Waals surface area contributed by atoms with Crippen molar-refractivity contribution >= 4 is 28.2 Å². The predicted molar refractivity (Wildman–Crippen MR) is 73.2 cm³/mol. The molecule has 0 aliphatic carbocycles. The van der Waals surface area contributed by atoms with Gasteiger partial charge in [-0.15, -0.1) is 11.3 Å². The van der Waals surface area contributed by atoms with E-state index in [2.05, 4.69) is 10.4 Å². The van der Waals surface area contributed by atoms with Gasteiger partial charge in [0.25, 0.3) is 5.91 Å². The maximum Gasteiger partial charge on any atom is 0.251 e. The predicted octanol–water partition coefficient (Wildman–Crippen LogP) is 1.30. The summed E-state index contributed by atoms with van der Waals surface area (Å²) < 4.78 is 1.61. The Hall–Kier alpha value is -2.15. The maximum atomic E-state index is 11.9. The molecule has 100 valence electrons. The van der Waals surface area contributed by atoms with Gasteiger partial charge < -0.3 is 11.1 Å². The van der Waals surface area contributed by atoms with Crippen molar-refractivity contribution < 1.29 is 9.59 Å². The van der Waals surface area contributed by atoms with Gasteiger partial charge in [0.1, 0.15) is 11.5 Å². The molecule has 3 N–H and O–H groups in total. The number of hydrogen-bond acceptors (Lipinski definition) is 4. The molecule has 2 aromatic heterocycles. The van der Waals surface area contributed by atoms with Crippen LogP contribution in [0.15, 0.2) is 17.5 Å². The van der Waals surface area contributed by atoms with Crippen molar-refractivity contribution in [1.29, 1.82) is 0 Å². The third-order valence-corrected chi connectivity index (χ3v) is 3.41. The number of carbonyl (C=O) groups excluding carboxylic acids is 2. The molecule has 0 saturated heterocycles. The largest absolute Gasteiger partial charge is 0.366 e. The number of nitrogens with one attached hydrogen (secondary N) is 1. The van der Waals surface area contributed by atoms with Crippen LogP contribution in [0.1, 0.15) is 21.7 Å². The van der Waals surface area contributed by atoms with Crippen molar-refractivity contribution in [3.8, 4) is 0 Å². The molecule has 0 aromatic carbocycles. The van der Waals surface area contributed by atoms with Gasteiger partial charge in [-0.3, -0.25) is 14.3 Å². The molecule has 0 spiro atoms. The second-order valence-corrected chi connectivity index (χ2v) is 5.08. The van der Waals surface area contributed by atoms with Gasteiger partial charge in [-0.05, 0) is 31.4 Å². The van der Waals surface area contributed by atoms with E-state index in [0.717, 1.165) is 11.4 Å². The lowest BCUT2D eigenvalue weighted by Gasteiger charge is -2.06. The van der Waals surface area contributed by atoms with E-state index < -0.39 is 5.91 Å². The van der Waals surface area contributed by atoms with Crippen LogP contribution in [0.4, 0.5) is 5.00 Å². The Morgan fingerprint density at radius 2 is 2.21 bits per heavy atom. The lowest BCUT2D eigenvalue weighted by Crippen LogP contribution is -2.21. The van der Waals surface area contributed by atoms with Crippen molar-refractivity contribution in [3.05, 3.63) is 34.5 Å². The minimum absolute atomic E-state index is 0.107. The van der Waals surface area contributed by atoms with Gasteiger partial charge in [0.15, 0.2) is 0 Å². The SMILES string of the molecule is Cc1cc(C)n(CC(=O)Nc2sccc2C(N)=O)n1. The van der Waals surface area contributed by atoms with Gasteiger partial charge in [-0.2, -0.15) is 5.10 Å². The fraction of sp³-hybridized carbons (Fsp3) is 0.250. The van der Waals surface area contributed by atoms with Crippen LogP contribution in [-0.4, -0.2) is 21.6 Å². The number of amides is 2. The minimum atomic E-state index is -0.553. The maximum absolute atomic E-state index is 11.9. The van der Waals surface area contributed by atoms with Gasteiger partial charge in [-0.1, -0.05) is 0 Å². The molecule has 2 amide bonds. The van der Waals surface area contributed by atoms with E-state index in [1.807, 2.05) is 19.9 Å². The highest BCUT2D eigenvalue weighted by molar-refractivity contribution is 7.14. The molecule has 2 rings (SSSR count). The molecule has 0 saturated carbocycles. The molecule has 0 aliphatic heterocycles. The van der Waals surface area contributed by atoms with E-state index in [1.54, 1.807) is 16.1 Å². The van der Waals surface area contributed by atoms with E-state index in [-0.39, 0.29) is 12.5 Å². The molecule has 7 heteroatoms. The van der Waals surface area contributed by atoms with Crippen molar-refractivity contribution in [2.24, 2.45) is 5.73 Å². The van der Waals surface area contributed by atoms with Crippen LogP contribution in [0.2, 0.25) is 0 Å². The monoisotopic (exact) mass is 278 g/mol. The lowest BCUT2D eigenvalue weighted by atomic mass is 10.3. The third-order valence-electron chi connectivity index (χ3n) is 2.58. The summed E-state index contributed by atoms with van der Waals surface area (Å²) >= 11 is 1.26. The first-order chi connectivity index (χ1) is 8.97. The molecule has 0 unspecified atom stereocenters. The van der Waals surface area contributed by atoms with Crippen LogP contribution in [0, 0.1) is 13.8 Å². The highest BCUT2D eigenvalue weighted by Gasteiger charge is 2.13. The Kier molecular flexibility index (Phi) is 3.66. The summed E-state index contributed by atoms with van der Waals surface area (Å²) in [5, 5.41) is 9.06. The third kappa shape index (κ3) is 3.00. The first-order valence-corrected chi connectivity index (χ1v) is 6.53. The molecular formula is C12H14N4O2S. The summed E-state index contributed by atoms with van der Waals surface area (Å²) in [6, 6.07) is 3.49. The van der Waals surface area contributed by atoms with E-state index in [0.29, 0.717) is 10.6 Å². The summed E-state index contributed by atoms with van der Waals surface area (Å²) in [6.45, 7) is 3.86. The van der Waals surface area contributed by atoms with Gasteiger partial charge in [0.05, 0.1) is 11.3 Å². The highest BCUT2D eigenvalue weighted by Crippen LogP contribution is 2.22. The van der Waals surface area contributed by atoms with Crippen LogP contribution in [0.5, 0.6) is 0 Å². The first kappa shape index (κ1) is 13.3. The Morgan fingerprint density at radius 1 is 1.47 bits per heavy atom. The lowest BCUT2D eigenvalue weighted by molar-refractivity contribution is -0.116. The number of rotatable bonds is 4. The van der Waals surface area contributed by atoms with Crippen LogP contribution in [0.3, 0.4) is 0 Å². The van der Waals surface area contributed by atoms with Gasteiger partial charge in [0.2, 0.25) is 5.91 Å². The second kappa shape index (κ2) is 5.23. The quantitative estimate of drug-likeness (QED) is 0.883. The molecule has 6 nitrogen and oxygen atoms in total. The molecule has 19 heavy (non-hydrogen) atoms. The highest BCUT2D eigenvalue weighted by atomic mass is 32.1. The summed E-state index contributed by atoms with van der Waals surface area (Å²) in [6.07, 6.45) is 0. The van der Waals surface area contributed by atoms with Crippen LogP contribution < -0.4 is 11.1 Å². The zero-order valence-electron chi connectivity index (χ0n) is 10.6. The van der Waals surface area contributed by atoms with Crippen molar-refractivity contribution in [2.45, 2.75) is 20.4 Å². The zero-order valence-corrected chi connectivity index (χ0v) is 11.5. The molecule has 0 bridgehead atoms. The van der Waals surface area contributed by atoms with Crippen LogP contribution in [-0.2, 0) is 11.3 Å². The molecule has 0 radical (unpaired) electrons. The molecule has 0 fully saturated rings. The van der Waals surface area contributed by atoms with Crippen molar-refractivity contribution in [2.75, 3.05) is 5.32 Å². The Labute approximate surface area is 114 Å². The fourth-order valence-corrected chi connectivity index (χ4v) is 2.55. The van der Waals surface area contributed by atoms with E-state index in [1.165, 1.54) is 11.3 Å². The number of aromatic nitrogens is 2. The molecule has 2 aromatic rings. The minimum Gasteiger partial charge on any atom is -0.366 e. The standard InChI is InChI=1S/C12H14N4O2S/c1-7-5-8(2)16(15-7)6-10(17)14-12-9(11(13)18)3-4-19-12/h3-5H,6H2,1-2H3,(H2,13,18)(H,14,17). The van der Waals surface area contributed by atoms with Crippen LogP contribution in [0.25, 0.3) is 0 Å². The number of anilines is 1. The van der Waals surface area contributed by atoms with Crippen molar-refractivity contribution in [1.82, 2.24) is 9.78 Å². The second-order valence-electron chi connectivity index (χ2n) is 4.16. The average Bonchev–Trinajstić information content (AvgIpc) is 2.86. The summed E-state index contributed by atoms with van der Waals surface area (Å²) in [5.41, 5.74) is 7.31. The van der Waals surface area contributed by atoms with Gasteiger partial charge in [0, 0.05) is 5.69 Å². The zero-order chi connectivity index (χ0) is 14.0. The molecule has 0 atom stereocenters. The van der Waals surface area contributed by atoms with E-state index in [4.69, 9.17) is 5.73 Å². The molecule has 0 aliphatic rings. The number of aryl methyl sites for hydroxylation is 2. The summed E-state index contributed by atoms with van der Waals surface area (Å²) in [7, 11) is 0. The van der Waals surface area contributed by atoms with Crippen molar-refractivity contribution in [3.63, 3.8) is 0 Å². The van der Waals surface area contributed by atoms with Crippen LogP contribution >= 0.6 is 11.3 Å². The molecular weight excluding hydrogens is 264 g/mol. The molecule has 2 heterocycles. The first-order valence-electron chi connectivity index (χ1n) is 5.65. The normalized spacial score (nSPS) is 10.4. The number of hydrogen-bond donors (Lipinski definition) is 2. The Morgan fingerprint density at radius 3 is 2.79 bits per heavy atom. The number of carbonyl (C=O) groups is 2. The van der Waals surface area contributed by atoms with E-state index in [9.17, 15) is 9.59 Å². The van der Waals surface area contributed by atoms with E-state index >= 15 is 0 Å². The Bertz CT molecular complexity index is 629. The number of thiophene rings is 1. The fourth-order valence-electron chi connectivity index (χ4n) is 1.74.